The number of carbonyl (C=O) groups excluding carboxylic acids is 1. The number of nitrogens with zero attached hydrogens (tertiary/aromatic N) is 2. The van der Waals surface area contributed by atoms with Gasteiger partial charge in [-0.3, -0.25) is 9.78 Å². The highest BCUT2D eigenvalue weighted by Gasteiger charge is 2.36. The van der Waals surface area contributed by atoms with Crippen molar-refractivity contribution >= 4 is 30.7 Å². The molecule has 130 valence electrons. The molecule has 0 bridgehead atoms. The second kappa shape index (κ2) is 9.42. The van der Waals surface area contributed by atoms with Gasteiger partial charge in [0.05, 0.1) is 6.10 Å². The first-order valence-electron chi connectivity index (χ1n) is 7.80. The highest BCUT2D eigenvalue weighted by molar-refractivity contribution is 5.85. The van der Waals surface area contributed by atoms with Crippen molar-refractivity contribution in [3.8, 4) is 0 Å². The maximum atomic E-state index is 12.5. The van der Waals surface area contributed by atoms with Crippen LogP contribution in [0.2, 0.25) is 0 Å². The van der Waals surface area contributed by atoms with Gasteiger partial charge in [-0.15, -0.1) is 24.8 Å². The number of piperidine rings is 1. The number of halogens is 2. The molecule has 3 rings (SSSR count). The molecule has 1 aromatic rings. The molecule has 2 aliphatic heterocycles. The molecular weight excluding hydrogens is 337 g/mol. The summed E-state index contributed by atoms with van der Waals surface area (Å²) < 4.78 is 0. The summed E-state index contributed by atoms with van der Waals surface area (Å²) in [4.78, 5) is 18.4. The van der Waals surface area contributed by atoms with Gasteiger partial charge in [-0.25, -0.2) is 0 Å². The molecule has 1 aromatic heterocycles. The van der Waals surface area contributed by atoms with Crippen LogP contribution in [0, 0.1) is 11.8 Å². The number of aromatic nitrogens is 1. The SMILES string of the molecule is Cl.Cl.O=C(C1CCNCC1)N1C[C@@H](Cc2ccncc2)[C@H](O)C1. The Hall–Kier alpha value is -0.880. The Kier molecular flexibility index (Phi) is 8.26. The van der Waals surface area contributed by atoms with E-state index < -0.39 is 6.10 Å². The molecule has 5 nitrogen and oxygen atoms in total. The molecule has 0 saturated carbocycles. The van der Waals surface area contributed by atoms with Gasteiger partial charge in [-0.05, 0) is 50.0 Å². The van der Waals surface area contributed by atoms with Gasteiger partial charge in [0, 0.05) is 37.3 Å². The molecular formula is C16H25Cl2N3O2. The van der Waals surface area contributed by atoms with E-state index in [9.17, 15) is 9.90 Å². The van der Waals surface area contributed by atoms with Crippen molar-refractivity contribution in [1.29, 1.82) is 0 Å². The van der Waals surface area contributed by atoms with E-state index >= 15 is 0 Å². The molecule has 0 spiro atoms. The summed E-state index contributed by atoms with van der Waals surface area (Å²) in [6, 6.07) is 3.95. The third-order valence-electron chi connectivity index (χ3n) is 4.65. The predicted molar refractivity (Wildman–Crippen MR) is 94.1 cm³/mol. The number of hydrogen-bond donors (Lipinski definition) is 2. The fraction of sp³-hybridized carbons (Fsp3) is 0.625. The standard InChI is InChI=1S/C16H23N3O2.2ClH/c20-15-11-19(16(21)13-3-7-18-8-4-13)10-14(15)9-12-1-5-17-6-2-12;;/h1-2,5-6,13-15,18,20H,3-4,7-11H2;2*1H/t14-,15-;;/m1../s1. The lowest BCUT2D eigenvalue weighted by molar-refractivity contribution is -0.135. The Morgan fingerprint density at radius 3 is 2.52 bits per heavy atom. The zero-order valence-corrected chi connectivity index (χ0v) is 14.7. The third-order valence-corrected chi connectivity index (χ3v) is 4.65. The first-order chi connectivity index (χ1) is 10.2. The highest BCUT2D eigenvalue weighted by Crippen LogP contribution is 2.25. The van der Waals surface area contributed by atoms with E-state index in [0.29, 0.717) is 13.1 Å². The summed E-state index contributed by atoms with van der Waals surface area (Å²) in [6.45, 7) is 3.01. The van der Waals surface area contributed by atoms with Gasteiger partial charge in [0.1, 0.15) is 0 Å². The summed E-state index contributed by atoms with van der Waals surface area (Å²) >= 11 is 0. The number of hydrogen-bond acceptors (Lipinski definition) is 4. The van der Waals surface area contributed by atoms with Crippen LogP contribution in [0.15, 0.2) is 24.5 Å². The molecule has 7 heteroatoms. The topological polar surface area (TPSA) is 65.5 Å². The molecule has 2 fully saturated rings. The molecule has 2 aliphatic rings. The number of rotatable bonds is 3. The van der Waals surface area contributed by atoms with Crippen molar-refractivity contribution in [3.63, 3.8) is 0 Å². The fourth-order valence-corrected chi connectivity index (χ4v) is 3.38. The molecule has 0 aromatic carbocycles. The lowest BCUT2D eigenvalue weighted by atomic mass is 9.96. The van der Waals surface area contributed by atoms with Gasteiger partial charge in [0.2, 0.25) is 5.91 Å². The van der Waals surface area contributed by atoms with Crippen LogP contribution in [0.25, 0.3) is 0 Å². The quantitative estimate of drug-likeness (QED) is 0.851. The minimum Gasteiger partial charge on any atom is -0.391 e. The predicted octanol–water partition coefficient (Wildman–Crippen LogP) is 1.29. The summed E-state index contributed by atoms with van der Waals surface area (Å²) in [5.41, 5.74) is 1.17. The zero-order chi connectivity index (χ0) is 14.7. The first-order valence-corrected chi connectivity index (χ1v) is 7.80. The van der Waals surface area contributed by atoms with E-state index in [1.165, 1.54) is 5.56 Å². The molecule has 0 radical (unpaired) electrons. The molecule has 2 saturated heterocycles. The average Bonchev–Trinajstić information content (AvgIpc) is 2.89. The van der Waals surface area contributed by atoms with Crippen LogP contribution < -0.4 is 5.32 Å². The van der Waals surface area contributed by atoms with Crippen molar-refractivity contribution in [1.82, 2.24) is 15.2 Å². The summed E-state index contributed by atoms with van der Waals surface area (Å²) in [5, 5.41) is 13.5. The highest BCUT2D eigenvalue weighted by atomic mass is 35.5. The van der Waals surface area contributed by atoms with Gasteiger partial charge in [0.25, 0.3) is 0 Å². The average molecular weight is 362 g/mol. The van der Waals surface area contributed by atoms with E-state index in [1.54, 1.807) is 12.4 Å². The van der Waals surface area contributed by atoms with Gasteiger partial charge >= 0.3 is 0 Å². The van der Waals surface area contributed by atoms with Crippen molar-refractivity contribution in [2.45, 2.75) is 25.4 Å². The Balaban J connectivity index is 0.00000132. The summed E-state index contributed by atoms with van der Waals surface area (Å²) in [7, 11) is 0. The zero-order valence-electron chi connectivity index (χ0n) is 13.1. The lowest BCUT2D eigenvalue weighted by Gasteiger charge is -2.26. The number of amides is 1. The minimum absolute atomic E-state index is 0. The number of pyridine rings is 1. The third kappa shape index (κ3) is 5.05. The number of aliphatic hydroxyl groups excluding tert-OH is 1. The minimum atomic E-state index is -0.413. The number of aliphatic hydroxyl groups is 1. The summed E-state index contributed by atoms with van der Waals surface area (Å²) in [6.07, 6.45) is 5.77. The fourth-order valence-electron chi connectivity index (χ4n) is 3.38. The Bertz CT molecular complexity index is 483. The Labute approximate surface area is 149 Å². The largest absolute Gasteiger partial charge is 0.391 e. The van der Waals surface area contributed by atoms with E-state index in [2.05, 4.69) is 10.3 Å². The van der Waals surface area contributed by atoms with Crippen LogP contribution in [0.1, 0.15) is 18.4 Å². The van der Waals surface area contributed by atoms with Crippen LogP contribution in [0.5, 0.6) is 0 Å². The van der Waals surface area contributed by atoms with E-state index in [0.717, 1.165) is 32.4 Å². The van der Waals surface area contributed by atoms with Gasteiger partial charge in [-0.1, -0.05) is 0 Å². The van der Waals surface area contributed by atoms with E-state index in [1.807, 2.05) is 17.0 Å². The van der Waals surface area contributed by atoms with Gasteiger partial charge < -0.3 is 15.3 Å². The molecule has 1 amide bonds. The van der Waals surface area contributed by atoms with Crippen molar-refractivity contribution < 1.29 is 9.90 Å². The van der Waals surface area contributed by atoms with E-state index in [-0.39, 0.29) is 42.6 Å². The number of β-amino-alcohol motifs (C(OH)–C–C–N with tert-alkyl or cyclic N) is 1. The summed E-state index contributed by atoms with van der Waals surface area (Å²) in [5.74, 6) is 0.504. The van der Waals surface area contributed by atoms with Crippen LogP contribution in [0.4, 0.5) is 0 Å². The number of carbonyl (C=O) groups is 1. The second-order valence-electron chi connectivity index (χ2n) is 6.15. The van der Waals surface area contributed by atoms with E-state index in [4.69, 9.17) is 0 Å². The Morgan fingerprint density at radius 2 is 1.87 bits per heavy atom. The molecule has 0 aliphatic carbocycles. The van der Waals surface area contributed by atoms with Crippen LogP contribution in [-0.4, -0.2) is 53.2 Å². The maximum absolute atomic E-state index is 12.5. The molecule has 0 unspecified atom stereocenters. The van der Waals surface area contributed by atoms with Crippen molar-refractivity contribution in [2.24, 2.45) is 11.8 Å². The maximum Gasteiger partial charge on any atom is 0.225 e. The molecule has 2 atom stereocenters. The first kappa shape index (κ1) is 20.2. The van der Waals surface area contributed by atoms with Crippen molar-refractivity contribution in [3.05, 3.63) is 30.1 Å². The van der Waals surface area contributed by atoms with Crippen LogP contribution in [0.3, 0.4) is 0 Å². The molecule has 2 N–H and O–H groups in total. The number of likely N-dealkylation sites (tertiary alicyclic amines) is 1. The normalized spacial score (nSPS) is 24.7. The second-order valence-corrected chi connectivity index (χ2v) is 6.15. The molecule has 3 heterocycles. The van der Waals surface area contributed by atoms with Gasteiger partial charge in [0.15, 0.2) is 0 Å². The van der Waals surface area contributed by atoms with Crippen LogP contribution in [-0.2, 0) is 11.2 Å². The smallest absolute Gasteiger partial charge is 0.225 e. The lowest BCUT2D eigenvalue weighted by Crippen LogP contribution is -2.40. The van der Waals surface area contributed by atoms with Crippen molar-refractivity contribution in [2.75, 3.05) is 26.2 Å². The Morgan fingerprint density at radius 1 is 1.22 bits per heavy atom. The number of nitrogens with one attached hydrogen (secondary N) is 1. The monoisotopic (exact) mass is 361 g/mol. The van der Waals surface area contributed by atoms with Crippen LogP contribution >= 0.6 is 24.8 Å². The van der Waals surface area contributed by atoms with Gasteiger partial charge in [-0.2, -0.15) is 0 Å². The molecule has 23 heavy (non-hydrogen) atoms.